The summed E-state index contributed by atoms with van der Waals surface area (Å²) >= 11 is 0. The van der Waals surface area contributed by atoms with Crippen molar-refractivity contribution in [1.82, 2.24) is 5.32 Å². The molecule has 0 saturated carbocycles. The Morgan fingerprint density at radius 2 is 1.77 bits per heavy atom. The number of aromatic hydroxyl groups is 1. The van der Waals surface area contributed by atoms with Crippen molar-refractivity contribution in [3.05, 3.63) is 23.8 Å². The first kappa shape index (κ1) is 18.5. The van der Waals surface area contributed by atoms with Crippen molar-refractivity contribution in [1.29, 1.82) is 0 Å². The molecule has 0 aromatic heterocycles. The molecule has 0 amide bonds. The molecule has 1 unspecified atom stereocenters. The molecule has 22 heavy (non-hydrogen) atoms. The van der Waals surface area contributed by atoms with Crippen LogP contribution in [0.1, 0.15) is 47.1 Å². The zero-order valence-corrected chi connectivity index (χ0v) is 14.3. The molecule has 5 heteroatoms. The number of rotatable bonds is 5. The van der Waals surface area contributed by atoms with Gasteiger partial charge >= 0.3 is 0 Å². The largest absolute Gasteiger partial charge is 0.506 e. The number of anilines is 1. The van der Waals surface area contributed by atoms with Gasteiger partial charge in [-0.3, -0.25) is 15.5 Å². The molecule has 0 radical (unpaired) electrons. The van der Waals surface area contributed by atoms with Crippen LogP contribution in [0.25, 0.3) is 0 Å². The average Bonchev–Trinajstić information content (AvgIpc) is 2.36. The van der Waals surface area contributed by atoms with E-state index in [9.17, 15) is 9.90 Å². The number of Topliss-reactive ketones (excluding diaryl/α,β-unsaturated/α-hetero) is 1. The van der Waals surface area contributed by atoms with Crippen LogP contribution in [0.4, 0.5) is 5.69 Å². The lowest BCUT2D eigenvalue weighted by Gasteiger charge is -2.32. The van der Waals surface area contributed by atoms with E-state index in [-0.39, 0.29) is 28.8 Å². The maximum atomic E-state index is 12.7. The van der Waals surface area contributed by atoms with E-state index in [2.05, 4.69) is 5.32 Å². The zero-order valence-electron chi connectivity index (χ0n) is 14.3. The maximum Gasteiger partial charge on any atom is 0.155 e. The summed E-state index contributed by atoms with van der Waals surface area (Å²) in [6.07, 6.45) is 0.488. The van der Waals surface area contributed by atoms with Gasteiger partial charge in [0, 0.05) is 11.0 Å². The van der Waals surface area contributed by atoms with Gasteiger partial charge in [-0.15, -0.1) is 0 Å². The topological polar surface area (TPSA) is 81.6 Å². The molecule has 1 aromatic rings. The molecule has 0 fully saturated rings. The Hall–Kier alpha value is -1.59. The SMILES string of the molecule is CC(C)(C)NC(Cc1ccc(O)c(NO)c1)C(=O)C(C)(C)C. The van der Waals surface area contributed by atoms with Gasteiger partial charge in [0.05, 0.1) is 6.04 Å². The molecule has 1 aromatic carbocycles. The Bertz CT molecular complexity index is 528. The third-order valence-corrected chi connectivity index (χ3v) is 3.28. The lowest BCUT2D eigenvalue weighted by molar-refractivity contribution is -0.128. The van der Waals surface area contributed by atoms with Crippen LogP contribution >= 0.6 is 0 Å². The number of phenolic OH excluding ortho intramolecular Hbond substituents is 1. The van der Waals surface area contributed by atoms with Crippen molar-refractivity contribution >= 4 is 11.5 Å². The van der Waals surface area contributed by atoms with Crippen LogP contribution in [0.15, 0.2) is 18.2 Å². The lowest BCUT2D eigenvalue weighted by Crippen LogP contribution is -2.51. The number of benzene rings is 1. The van der Waals surface area contributed by atoms with Crippen molar-refractivity contribution in [3.63, 3.8) is 0 Å². The molecule has 4 N–H and O–H groups in total. The van der Waals surface area contributed by atoms with Crippen LogP contribution in [0.5, 0.6) is 5.75 Å². The van der Waals surface area contributed by atoms with E-state index in [1.54, 1.807) is 12.1 Å². The summed E-state index contributed by atoms with van der Waals surface area (Å²) in [4.78, 5) is 12.7. The molecule has 1 atom stereocenters. The quantitative estimate of drug-likeness (QED) is 0.496. The second kappa shape index (κ2) is 6.67. The second-order valence-electron chi connectivity index (χ2n) is 7.73. The van der Waals surface area contributed by atoms with Gasteiger partial charge in [-0.05, 0) is 44.9 Å². The van der Waals surface area contributed by atoms with Crippen LogP contribution in [0.3, 0.4) is 0 Å². The lowest BCUT2D eigenvalue weighted by atomic mass is 9.83. The molecule has 0 aliphatic carbocycles. The summed E-state index contributed by atoms with van der Waals surface area (Å²) in [5, 5.41) is 22.0. The molecule has 0 aliphatic heterocycles. The minimum absolute atomic E-state index is 0.0336. The van der Waals surface area contributed by atoms with E-state index in [4.69, 9.17) is 5.21 Å². The highest BCUT2D eigenvalue weighted by Gasteiger charge is 2.32. The summed E-state index contributed by atoms with van der Waals surface area (Å²) in [6.45, 7) is 11.8. The highest BCUT2D eigenvalue weighted by Crippen LogP contribution is 2.26. The van der Waals surface area contributed by atoms with Gasteiger partial charge in [0.1, 0.15) is 11.4 Å². The van der Waals surface area contributed by atoms with Gasteiger partial charge in [-0.1, -0.05) is 26.8 Å². The summed E-state index contributed by atoms with van der Waals surface area (Å²) in [6, 6.07) is 4.56. The highest BCUT2D eigenvalue weighted by molar-refractivity contribution is 5.89. The standard InChI is InChI=1S/C17H28N2O3/c1-16(2,3)15(21)13(18-17(4,5)6)10-11-7-8-14(20)12(9-11)19-22/h7-9,13,18-20,22H,10H2,1-6H3. The highest BCUT2D eigenvalue weighted by atomic mass is 16.5. The van der Waals surface area contributed by atoms with Gasteiger partial charge in [0.15, 0.2) is 5.78 Å². The summed E-state index contributed by atoms with van der Waals surface area (Å²) in [5.74, 6) is 0.0998. The number of nitrogens with one attached hydrogen (secondary N) is 2. The Morgan fingerprint density at radius 3 is 2.23 bits per heavy atom. The molecule has 0 heterocycles. The van der Waals surface area contributed by atoms with Gasteiger partial charge in [0.25, 0.3) is 0 Å². The van der Waals surface area contributed by atoms with Gasteiger partial charge in [-0.25, -0.2) is 0 Å². The second-order valence-corrected chi connectivity index (χ2v) is 7.73. The van der Waals surface area contributed by atoms with Crippen molar-refractivity contribution in [2.45, 2.75) is 59.5 Å². The molecule has 0 bridgehead atoms. The van der Waals surface area contributed by atoms with E-state index < -0.39 is 5.41 Å². The Labute approximate surface area is 132 Å². The summed E-state index contributed by atoms with van der Waals surface area (Å²) < 4.78 is 0. The summed E-state index contributed by atoms with van der Waals surface area (Å²) in [7, 11) is 0. The maximum absolute atomic E-state index is 12.7. The number of ketones is 1. The van der Waals surface area contributed by atoms with Crippen molar-refractivity contribution in [2.24, 2.45) is 5.41 Å². The molecule has 0 spiro atoms. The van der Waals surface area contributed by atoms with Crippen LogP contribution in [-0.2, 0) is 11.2 Å². The molecular weight excluding hydrogens is 280 g/mol. The van der Waals surface area contributed by atoms with E-state index >= 15 is 0 Å². The number of hydrogen-bond acceptors (Lipinski definition) is 5. The van der Waals surface area contributed by atoms with Gasteiger partial charge in [-0.2, -0.15) is 0 Å². The number of carbonyl (C=O) groups is 1. The van der Waals surface area contributed by atoms with Crippen LogP contribution in [-0.4, -0.2) is 27.7 Å². The van der Waals surface area contributed by atoms with Crippen LogP contribution in [0, 0.1) is 5.41 Å². The first-order chi connectivity index (χ1) is 9.94. The van der Waals surface area contributed by atoms with Gasteiger partial charge < -0.3 is 10.4 Å². The molecule has 0 aliphatic rings. The fraction of sp³-hybridized carbons (Fsp3) is 0.588. The number of hydrogen-bond donors (Lipinski definition) is 4. The predicted octanol–water partition coefficient (Wildman–Crippen LogP) is 3.11. The minimum atomic E-state index is -0.447. The number of phenols is 1. The first-order valence-corrected chi connectivity index (χ1v) is 7.48. The Balaban J connectivity index is 3.05. The third kappa shape index (κ3) is 5.31. The van der Waals surface area contributed by atoms with E-state index in [1.807, 2.05) is 47.0 Å². The van der Waals surface area contributed by atoms with E-state index in [0.717, 1.165) is 5.56 Å². The minimum Gasteiger partial charge on any atom is -0.506 e. The monoisotopic (exact) mass is 308 g/mol. The fourth-order valence-electron chi connectivity index (χ4n) is 2.29. The van der Waals surface area contributed by atoms with E-state index in [0.29, 0.717) is 6.42 Å². The Kier molecular flexibility index (Phi) is 5.59. The predicted molar refractivity (Wildman–Crippen MR) is 88.4 cm³/mol. The first-order valence-electron chi connectivity index (χ1n) is 7.48. The summed E-state index contributed by atoms with van der Waals surface area (Å²) in [5.41, 5.74) is 2.41. The van der Waals surface area contributed by atoms with Crippen molar-refractivity contribution in [3.8, 4) is 5.75 Å². The molecule has 0 saturated heterocycles. The fourth-order valence-corrected chi connectivity index (χ4v) is 2.29. The van der Waals surface area contributed by atoms with E-state index in [1.165, 1.54) is 6.07 Å². The normalized spacial score (nSPS) is 13.8. The zero-order chi connectivity index (χ0) is 17.1. The number of carbonyl (C=O) groups excluding carboxylic acids is 1. The van der Waals surface area contributed by atoms with Crippen molar-refractivity contribution < 1.29 is 15.1 Å². The van der Waals surface area contributed by atoms with Crippen LogP contribution < -0.4 is 10.8 Å². The molecule has 124 valence electrons. The molecule has 1 rings (SSSR count). The molecule has 5 nitrogen and oxygen atoms in total. The Morgan fingerprint density at radius 1 is 1.18 bits per heavy atom. The third-order valence-electron chi connectivity index (χ3n) is 3.28. The molecular formula is C17H28N2O3. The smallest absolute Gasteiger partial charge is 0.155 e. The van der Waals surface area contributed by atoms with Gasteiger partial charge in [0.2, 0.25) is 0 Å². The van der Waals surface area contributed by atoms with Crippen LogP contribution in [0.2, 0.25) is 0 Å². The average molecular weight is 308 g/mol. The van der Waals surface area contributed by atoms with Crippen molar-refractivity contribution in [2.75, 3.05) is 5.48 Å².